The molecule has 1 heterocycles. The van der Waals surface area contributed by atoms with Crippen LogP contribution in [0.4, 0.5) is 0 Å². The average molecular weight is 265 g/mol. The fourth-order valence-electron chi connectivity index (χ4n) is 1.75. The van der Waals surface area contributed by atoms with Gasteiger partial charge in [-0.15, -0.1) is 0 Å². The van der Waals surface area contributed by atoms with Crippen molar-refractivity contribution in [3.8, 4) is 11.4 Å². The molecule has 0 saturated heterocycles. The summed E-state index contributed by atoms with van der Waals surface area (Å²) in [5.74, 6) is -0.170. The van der Waals surface area contributed by atoms with Crippen molar-refractivity contribution >= 4 is 17.6 Å². The Kier molecular flexibility index (Phi) is 3.67. The molecule has 4 nitrogen and oxygen atoms in total. The molecular weight excluding hydrogens is 252 g/mol. The van der Waals surface area contributed by atoms with Crippen LogP contribution in [-0.4, -0.2) is 21.0 Å². The highest BCUT2D eigenvalue weighted by Gasteiger charge is 2.12. The first-order chi connectivity index (χ1) is 8.58. The Bertz CT molecular complexity index is 578. The standard InChI is InChI=1S/C13H13ClN2O2/c1-8-4-2-3-5-9(8)13-15-10(12(14)16-13)6-7-11(17)18/h2-5H,6-7H2,1H3,(H,15,16)(H,17,18). The minimum atomic E-state index is -0.849. The summed E-state index contributed by atoms with van der Waals surface area (Å²) < 4.78 is 0. The van der Waals surface area contributed by atoms with E-state index in [2.05, 4.69) is 9.97 Å². The maximum Gasteiger partial charge on any atom is 0.303 e. The molecule has 2 rings (SSSR count). The Morgan fingerprint density at radius 1 is 1.44 bits per heavy atom. The lowest BCUT2D eigenvalue weighted by Gasteiger charge is -2.00. The number of hydrogen-bond donors (Lipinski definition) is 2. The highest BCUT2D eigenvalue weighted by atomic mass is 35.5. The molecule has 0 fully saturated rings. The fourth-order valence-corrected chi connectivity index (χ4v) is 1.98. The number of nitrogens with one attached hydrogen (secondary N) is 1. The Labute approximate surface area is 110 Å². The van der Waals surface area contributed by atoms with Crippen LogP contribution >= 0.6 is 11.6 Å². The lowest BCUT2D eigenvalue weighted by atomic mass is 10.1. The summed E-state index contributed by atoms with van der Waals surface area (Å²) >= 11 is 6.00. The van der Waals surface area contributed by atoms with E-state index in [1.165, 1.54) is 0 Å². The Hall–Kier alpha value is -1.81. The van der Waals surface area contributed by atoms with Gasteiger partial charge in [0.2, 0.25) is 0 Å². The van der Waals surface area contributed by atoms with Crippen molar-refractivity contribution in [2.24, 2.45) is 0 Å². The van der Waals surface area contributed by atoms with E-state index in [4.69, 9.17) is 16.7 Å². The van der Waals surface area contributed by atoms with E-state index in [-0.39, 0.29) is 6.42 Å². The van der Waals surface area contributed by atoms with Crippen molar-refractivity contribution in [1.82, 2.24) is 9.97 Å². The third kappa shape index (κ3) is 2.71. The van der Waals surface area contributed by atoms with E-state index in [1.54, 1.807) is 0 Å². The molecule has 94 valence electrons. The summed E-state index contributed by atoms with van der Waals surface area (Å²) in [6.45, 7) is 1.99. The largest absolute Gasteiger partial charge is 0.481 e. The molecule has 0 aliphatic carbocycles. The van der Waals surface area contributed by atoms with Gasteiger partial charge in [0, 0.05) is 12.0 Å². The van der Waals surface area contributed by atoms with Crippen LogP contribution in [0.3, 0.4) is 0 Å². The predicted molar refractivity (Wildman–Crippen MR) is 69.7 cm³/mol. The second-order valence-corrected chi connectivity index (χ2v) is 4.42. The van der Waals surface area contributed by atoms with E-state index < -0.39 is 5.97 Å². The number of benzene rings is 1. The number of carbonyl (C=O) groups is 1. The third-order valence-corrected chi connectivity index (χ3v) is 3.03. The molecule has 1 aromatic heterocycles. The number of hydrogen-bond acceptors (Lipinski definition) is 2. The van der Waals surface area contributed by atoms with Gasteiger partial charge in [0.05, 0.1) is 12.1 Å². The summed E-state index contributed by atoms with van der Waals surface area (Å²) in [6, 6.07) is 7.82. The number of aromatic amines is 1. The van der Waals surface area contributed by atoms with E-state index in [0.717, 1.165) is 11.1 Å². The number of aryl methyl sites for hydroxylation is 2. The third-order valence-electron chi connectivity index (χ3n) is 2.72. The first-order valence-corrected chi connectivity index (χ1v) is 5.98. The van der Waals surface area contributed by atoms with Crippen molar-refractivity contribution < 1.29 is 9.90 Å². The lowest BCUT2D eigenvalue weighted by molar-refractivity contribution is -0.136. The predicted octanol–water partition coefficient (Wildman–Crippen LogP) is 3.06. The van der Waals surface area contributed by atoms with Gasteiger partial charge >= 0.3 is 5.97 Å². The van der Waals surface area contributed by atoms with E-state index >= 15 is 0 Å². The first-order valence-electron chi connectivity index (χ1n) is 5.60. The van der Waals surface area contributed by atoms with E-state index in [0.29, 0.717) is 23.1 Å². The number of carboxylic acid groups (broad SMARTS) is 1. The molecule has 0 spiro atoms. The van der Waals surface area contributed by atoms with Gasteiger partial charge < -0.3 is 10.1 Å². The van der Waals surface area contributed by atoms with Gasteiger partial charge in [0.15, 0.2) is 5.15 Å². The van der Waals surface area contributed by atoms with Gasteiger partial charge in [-0.3, -0.25) is 4.79 Å². The van der Waals surface area contributed by atoms with E-state index in [9.17, 15) is 4.79 Å². The molecule has 2 N–H and O–H groups in total. The maximum atomic E-state index is 10.5. The second kappa shape index (κ2) is 5.23. The zero-order valence-corrected chi connectivity index (χ0v) is 10.7. The van der Waals surface area contributed by atoms with Crippen LogP contribution in [0.1, 0.15) is 17.7 Å². The molecule has 0 atom stereocenters. The number of aliphatic carboxylic acids is 1. The topological polar surface area (TPSA) is 66.0 Å². The van der Waals surface area contributed by atoms with Crippen LogP contribution in [0.15, 0.2) is 24.3 Å². The van der Waals surface area contributed by atoms with Crippen LogP contribution in [-0.2, 0) is 11.2 Å². The minimum absolute atomic E-state index is 0.0368. The van der Waals surface area contributed by atoms with Crippen molar-refractivity contribution in [3.63, 3.8) is 0 Å². The maximum absolute atomic E-state index is 10.5. The smallest absolute Gasteiger partial charge is 0.303 e. The van der Waals surface area contributed by atoms with Crippen molar-refractivity contribution in [2.75, 3.05) is 0 Å². The molecule has 5 heteroatoms. The van der Waals surface area contributed by atoms with E-state index in [1.807, 2.05) is 31.2 Å². The molecule has 0 saturated carbocycles. The van der Waals surface area contributed by atoms with Crippen LogP contribution < -0.4 is 0 Å². The van der Waals surface area contributed by atoms with Crippen molar-refractivity contribution in [2.45, 2.75) is 19.8 Å². The van der Waals surface area contributed by atoms with Gasteiger partial charge in [0.1, 0.15) is 5.82 Å². The number of rotatable bonds is 4. The van der Waals surface area contributed by atoms with Gasteiger partial charge in [-0.2, -0.15) is 0 Å². The van der Waals surface area contributed by atoms with Crippen LogP contribution in [0.25, 0.3) is 11.4 Å². The molecule has 0 amide bonds. The van der Waals surface area contributed by atoms with Crippen LogP contribution in [0.5, 0.6) is 0 Å². The normalized spacial score (nSPS) is 10.6. The van der Waals surface area contributed by atoms with Crippen LogP contribution in [0.2, 0.25) is 5.15 Å². The second-order valence-electron chi connectivity index (χ2n) is 4.06. The highest BCUT2D eigenvalue weighted by molar-refractivity contribution is 6.30. The zero-order chi connectivity index (χ0) is 13.1. The fraction of sp³-hybridized carbons (Fsp3) is 0.231. The quantitative estimate of drug-likeness (QED) is 0.892. The van der Waals surface area contributed by atoms with Crippen LogP contribution in [0, 0.1) is 6.92 Å². The van der Waals surface area contributed by atoms with Crippen molar-refractivity contribution in [1.29, 1.82) is 0 Å². The summed E-state index contributed by atoms with van der Waals surface area (Å²) in [7, 11) is 0. The number of halogens is 1. The summed E-state index contributed by atoms with van der Waals surface area (Å²) in [6.07, 6.45) is 0.391. The molecule has 1 aromatic carbocycles. The summed E-state index contributed by atoms with van der Waals surface area (Å²) in [4.78, 5) is 17.9. The van der Waals surface area contributed by atoms with Gasteiger partial charge in [-0.1, -0.05) is 35.9 Å². The SMILES string of the molecule is Cc1ccccc1-c1nc(Cl)c(CCC(=O)O)[nH]1. The number of nitrogens with zero attached hydrogens (tertiary/aromatic N) is 1. The molecule has 2 aromatic rings. The first kappa shape index (κ1) is 12.6. The van der Waals surface area contributed by atoms with Gasteiger partial charge in [-0.05, 0) is 12.5 Å². The Balaban J connectivity index is 2.29. The average Bonchev–Trinajstić information content (AvgIpc) is 2.68. The molecule has 0 bridgehead atoms. The summed E-state index contributed by atoms with van der Waals surface area (Å²) in [5.41, 5.74) is 2.73. The summed E-state index contributed by atoms with van der Waals surface area (Å²) in [5, 5.41) is 9.00. The number of aromatic nitrogens is 2. The molecule has 0 radical (unpaired) electrons. The minimum Gasteiger partial charge on any atom is -0.481 e. The zero-order valence-electron chi connectivity index (χ0n) is 9.90. The molecule has 0 aliphatic heterocycles. The lowest BCUT2D eigenvalue weighted by Crippen LogP contribution is -1.98. The van der Waals surface area contributed by atoms with Gasteiger partial charge in [0.25, 0.3) is 0 Å². The van der Waals surface area contributed by atoms with Crippen molar-refractivity contribution in [3.05, 3.63) is 40.7 Å². The number of carboxylic acids is 1. The Morgan fingerprint density at radius 3 is 2.83 bits per heavy atom. The molecule has 0 aliphatic rings. The monoisotopic (exact) mass is 264 g/mol. The van der Waals surface area contributed by atoms with Gasteiger partial charge in [-0.25, -0.2) is 4.98 Å². The molecule has 0 unspecified atom stereocenters. The highest BCUT2D eigenvalue weighted by Crippen LogP contribution is 2.24. The molecule has 18 heavy (non-hydrogen) atoms. The number of imidazole rings is 1. The molecular formula is C13H13ClN2O2. The number of H-pyrrole nitrogens is 1. The Morgan fingerprint density at radius 2 is 2.17 bits per heavy atom.